The van der Waals surface area contributed by atoms with Crippen LogP contribution in [0.4, 0.5) is 0 Å². The molecule has 0 radical (unpaired) electrons. The smallest absolute Gasteiger partial charge is 0.243 e. The predicted molar refractivity (Wildman–Crippen MR) is 124 cm³/mol. The molecule has 1 heterocycles. The van der Waals surface area contributed by atoms with Crippen molar-refractivity contribution in [2.45, 2.75) is 24.7 Å². The van der Waals surface area contributed by atoms with Crippen molar-refractivity contribution in [3.05, 3.63) is 47.5 Å². The molecular formula is C23H29N3O6S. The number of hydrazone groups is 1. The molecule has 0 unspecified atom stereocenters. The Hall–Kier alpha value is -3.11. The van der Waals surface area contributed by atoms with E-state index in [0.29, 0.717) is 35.7 Å². The maximum atomic E-state index is 12.8. The summed E-state index contributed by atoms with van der Waals surface area (Å²) < 4.78 is 43.0. The van der Waals surface area contributed by atoms with Crippen LogP contribution in [-0.4, -0.2) is 59.3 Å². The van der Waals surface area contributed by atoms with Crippen LogP contribution < -0.4 is 19.6 Å². The first kappa shape index (κ1) is 24.5. The minimum atomic E-state index is -3.56. The number of carbonyl (C=O) groups is 1. The van der Waals surface area contributed by atoms with Crippen molar-refractivity contribution in [3.8, 4) is 17.2 Å². The summed E-state index contributed by atoms with van der Waals surface area (Å²) in [4.78, 5) is 12.8. The third kappa shape index (κ3) is 5.63. The molecule has 1 aliphatic heterocycles. The summed E-state index contributed by atoms with van der Waals surface area (Å²) in [7, 11) is 1.01. The Kier molecular flexibility index (Phi) is 7.93. The van der Waals surface area contributed by atoms with E-state index in [1.165, 1.54) is 31.8 Å². The lowest BCUT2D eigenvalue weighted by molar-refractivity contribution is -0.126. The predicted octanol–water partition coefficient (Wildman–Crippen LogP) is 2.57. The molecule has 0 spiro atoms. The molecule has 0 aliphatic carbocycles. The number of rotatable bonds is 8. The standard InChI is InChI=1S/C23H29N3O6S/c1-16-5-7-19(8-6-16)33(28,29)26-11-9-17(10-12-26)23(27)25-24-15-18-13-21(31-3)22(32-4)14-20(18)30-2/h5-8,13-15,17H,9-12H2,1-4H3,(H,25,27)/b24-15+. The van der Waals surface area contributed by atoms with Gasteiger partial charge in [0, 0.05) is 30.6 Å². The van der Waals surface area contributed by atoms with Crippen LogP contribution in [-0.2, 0) is 14.8 Å². The number of benzene rings is 2. The van der Waals surface area contributed by atoms with Gasteiger partial charge in [-0.3, -0.25) is 4.79 Å². The van der Waals surface area contributed by atoms with Gasteiger partial charge in [-0.05, 0) is 38.0 Å². The van der Waals surface area contributed by atoms with Gasteiger partial charge in [0.1, 0.15) is 5.75 Å². The lowest BCUT2D eigenvalue weighted by Gasteiger charge is -2.30. The fourth-order valence-corrected chi connectivity index (χ4v) is 5.10. The summed E-state index contributed by atoms with van der Waals surface area (Å²) in [6.45, 7) is 2.47. The van der Waals surface area contributed by atoms with Gasteiger partial charge in [-0.1, -0.05) is 17.7 Å². The van der Waals surface area contributed by atoms with Gasteiger partial charge >= 0.3 is 0 Å². The zero-order valence-electron chi connectivity index (χ0n) is 19.2. The van der Waals surface area contributed by atoms with E-state index >= 15 is 0 Å². The molecule has 1 saturated heterocycles. The van der Waals surface area contributed by atoms with E-state index in [9.17, 15) is 13.2 Å². The largest absolute Gasteiger partial charge is 0.496 e. The van der Waals surface area contributed by atoms with E-state index in [4.69, 9.17) is 14.2 Å². The first-order valence-electron chi connectivity index (χ1n) is 10.5. The molecule has 178 valence electrons. The monoisotopic (exact) mass is 475 g/mol. The second-order valence-corrected chi connectivity index (χ2v) is 9.61. The number of carbonyl (C=O) groups excluding carboxylic acids is 1. The Bertz CT molecular complexity index is 1110. The van der Waals surface area contributed by atoms with Gasteiger partial charge in [0.15, 0.2) is 11.5 Å². The van der Waals surface area contributed by atoms with Crippen LogP contribution in [0.3, 0.4) is 0 Å². The average Bonchev–Trinajstić information content (AvgIpc) is 2.83. The number of sulfonamides is 1. The Morgan fingerprint density at radius 3 is 2.15 bits per heavy atom. The number of nitrogens with one attached hydrogen (secondary N) is 1. The normalized spacial score (nSPS) is 15.4. The van der Waals surface area contributed by atoms with Crippen LogP contribution in [0.1, 0.15) is 24.0 Å². The van der Waals surface area contributed by atoms with Crippen molar-refractivity contribution in [1.82, 2.24) is 9.73 Å². The van der Waals surface area contributed by atoms with Crippen molar-refractivity contribution in [1.29, 1.82) is 0 Å². The minimum absolute atomic E-state index is 0.252. The number of methoxy groups -OCH3 is 3. The summed E-state index contributed by atoms with van der Waals surface area (Å²) in [6, 6.07) is 10.1. The average molecular weight is 476 g/mol. The number of hydrogen-bond donors (Lipinski definition) is 1. The first-order valence-corrected chi connectivity index (χ1v) is 11.9. The van der Waals surface area contributed by atoms with Crippen LogP contribution in [0.25, 0.3) is 0 Å². The van der Waals surface area contributed by atoms with Gasteiger partial charge in [-0.25, -0.2) is 13.8 Å². The summed E-state index contributed by atoms with van der Waals surface area (Å²) >= 11 is 0. The van der Waals surface area contributed by atoms with Gasteiger partial charge in [-0.15, -0.1) is 0 Å². The highest BCUT2D eigenvalue weighted by Gasteiger charge is 2.32. The second kappa shape index (κ2) is 10.7. The molecular weight excluding hydrogens is 446 g/mol. The fraction of sp³-hybridized carbons (Fsp3) is 0.391. The molecule has 0 aromatic heterocycles. The van der Waals surface area contributed by atoms with Gasteiger partial charge < -0.3 is 14.2 Å². The molecule has 0 atom stereocenters. The SMILES string of the molecule is COc1cc(OC)c(OC)cc1/C=N/NC(=O)C1CCN(S(=O)(=O)c2ccc(C)cc2)CC1. The van der Waals surface area contributed by atoms with E-state index in [1.54, 1.807) is 36.4 Å². The topological polar surface area (TPSA) is 107 Å². The molecule has 3 rings (SSSR count). The molecule has 2 aromatic rings. The maximum absolute atomic E-state index is 12.8. The minimum Gasteiger partial charge on any atom is -0.496 e. The molecule has 33 heavy (non-hydrogen) atoms. The lowest BCUT2D eigenvalue weighted by Crippen LogP contribution is -2.42. The van der Waals surface area contributed by atoms with Crippen molar-refractivity contribution >= 4 is 22.1 Å². The molecule has 0 saturated carbocycles. The summed E-state index contributed by atoms with van der Waals surface area (Å²) in [6.07, 6.45) is 2.31. The van der Waals surface area contributed by atoms with Crippen LogP contribution in [0, 0.1) is 12.8 Å². The molecule has 1 N–H and O–H groups in total. The number of nitrogens with zero attached hydrogens (tertiary/aromatic N) is 2. The van der Waals surface area contributed by atoms with Gasteiger partial charge in [0.05, 0.1) is 32.4 Å². The summed E-state index contributed by atoms with van der Waals surface area (Å²) in [5, 5.41) is 4.05. The summed E-state index contributed by atoms with van der Waals surface area (Å²) in [5.74, 6) is 0.966. The van der Waals surface area contributed by atoms with Crippen molar-refractivity contribution in [2.75, 3.05) is 34.4 Å². The molecule has 1 fully saturated rings. The molecule has 0 bridgehead atoms. The third-order valence-electron chi connectivity index (χ3n) is 5.60. The van der Waals surface area contributed by atoms with Crippen LogP contribution in [0.15, 0.2) is 46.4 Å². The molecule has 2 aromatic carbocycles. The van der Waals surface area contributed by atoms with Crippen molar-refractivity contribution < 1.29 is 27.4 Å². The van der Waals surface area contributed by atoms with E-state index in [0.717, 1.165) is 5.56 Å². The fourth-order valence-electron chi connectivity index (χ4n) is 3.63. The quantitative estimate of drug-likeness (QED) is 0.465. The second-order valence-electron chi connectivity index (χ2n) is 7.67. The van der Waals surface area contributed by atoms with Crippen LogP contribution in [0.2, 0.25) is 0 Å². The summed E-state index contributed by atoms with van der Waals surface area (Å²) in [5.41, 5.74) is 4.15. The molecule has 1 aliphatic rings. The van der Waals surface area contributed by atoms with Crippen LogP contribution in [0.5, 0.6) is 17.2 Å². The lowest BCUT2D eigenvalue weighted by atomic mass is 9.98. The molecule has 9 nitrogen and oxygen atoms in total. The molecule has 1 amide bonds. The Balaban J connectivity index is 1.60. The first-order chi connectivity index (χ1) is 15.8. The van der Waals surface area contributed by atoms with E-state index in [-0.39, 0.29) is 29.8 Å². The Morgan fingerprint density at radius 1 is 1.00 bits per heavy atom. The zero-order valence-corrected chi connectivity index (χ0v) is 20.0. The highest BCUT2D eigenvalue weighted by molar-refractivity contribution is 7.89. The van der Waals surface area contributed by atoms with E-state index in [2.05, 4.69) is 10.5 Å². The Labute approximate surface area is 194 Å². The van der Waals surface area contributed by atoms with Gasteiger partial charge in [0.25, 0.3) is 0 Å². The van der Waals surface area contributed by atoms with Crippen molar-refractivity contribution in [2.24, 2.45) is 11.0 Å². The number of ether oxygens (including phenoxy) is 3. The number of hydrogen-bond acceptors (Lipinski definition) is 7. The molecule has 10 heteroatoms. The third-order valence-corrected chi connectivity index (χ3v) is 7.51. The van der Waals surface area contributed by atoms with E-state index < -0.39 is 10.0 Å². The number of piperidine rings is 1. The Morgan fingerprint density at radius 2 is 1.58 bits per heavy atom. The zero-order chi connectivity index (χ0) is 24.0. The highest BCUT2D eigenvalue weighted by atomic mass is 32.2. The highest BCUT2D eigenvalue weighted by Crippen LogP contribution is 2.33. The number of aryl methyl sites for hydroxylation is 1. The van der Waals surface area contributed by atoms with Crippen LogP contribution >= 0.6 is 0 Å². The number of amides is 1. The van der Waals surface area contributed by atoms with Gasteiger partial charge in [-0.2, -0.15) is 9.41 Å². The van der Waals surface area contributed by atoms with Crippen molar-refractivity contribution in [3.63, 3.8) is 0 Å². The van der Waals surface area contributed by atoms with Gasteiger partial charge in [0.2, 0.25) is 15.9 Å². The van der Waals surface area contributed by atoms with E-state index in [1.807, 2.05) is 6.92 Å². The maximum Gasteiger partial charge on any atom is 0.243 e.